The first-order valence-corrected chi connectivity index (χ1v) is 10.4. The van der Waals surface area contributed by atoms with Crippen molar-refractivity contribution in [2.24, 2.45) is 5.92 Å². The number of sulfonamides is 1. The highest BCUT2D eigenvalue weighted by atomic mass is 32.2. The number of piperidine rings is 1. The van der Waals surface area contributed by atoms with E-state index in [0.29, 0.717) is 30.3 Å². The minimum atomic E-state index is -3.51. The van der Waals surface area contributed by atoms with Crippen LogP contribution in [0.3, 0.4) is 0 Å². The number of hydrogen-bond donors (Lipinski definition) is 1. The van der Waals surface area contributed by atoms with Gasteiger partial charge in [-0.15, -0.1) is 0 Å². The molecule has 1 saturated heterocycles. The zero-order valence-corrected chi connectivity index (χ0v) is 16.0. The van der Waals surface area contributed by atoms with Crippen LogP contribution < -0.4 is 5.32 Å². The summed E-state index contributed by atoms with van der Waals surface area (Å²) in [5.41, 5.74) is 1.08. The summed E-state index contributed by atoms with van der Waals surface area (Å²) in [5.74, 6) is -0.321. The molecule has 1 fully saturated rings. The van der Waals surface area contributed by atoms with Crippen LogP contribution in [-0.4, -0.2) is 31.7 Å². The van der Waals surface area contributed by atoms with Gasteiger partial charge >= 0.3 is 0 Å². The second-order valence-electron chi connectivity index (χ2n) is 6.99. The molecule has 0 saturated carbocycles. The normalized spacial score (nSPS) is 18.2. The number of carbonyl (C=O) groups is 1. The first-order valence-electron chi connectivity index (χ1n) is 8.99. The molecule has 0 aliphatic carbocycles. The number of carbonyl (C=O) groups excluding carboxylic acids is 1. The lowest BCUT2D eigenvalue weighted by Gasteiger charge is -2.30. The van der Waals surface area contributed by atoms with Crippen LogP contribution in [0.5, 0.6) is 0 Å². The van der Waals surface area contributed by atoms with E-state index in [-0.39, 0.29) is 23.0 Å². The Morgan fingerprint density at radius 1 is 1.22 bits per heavy atom. The summed E-state index contributed by atoms with van der Waals surface area (Å²) >= 11 is 0. The molecule has 144 valence electrons. The molecule has 0 radical (unpaired) electrons. The van der Waals surface area contributed by atoms with Gasteiger partial charge in [0.15, 0.2) is 0 Å². The van der Waals surface area contributed by atoms with Crippen molar-refractivity contribution in [3.8, 4) is 0 Å². The van der Waals surface area contributed by atoms with Gasteiger partial charge in [-0.1, -0.05) is 19.1 Å². The summed E-state index contributed by atoms with van der Waals surface area (Å²) in [6.07, 6.45) is 1.96. The quantitative estimate of drug-likeness (QED) is 0.851. The molecule has 1 atom stereocenters. The molecule has 1 aliphatic heterocycles. The van der Waals surface area contributed by atoms with Crippen molar-refractivity contribution in [2.75, 3.05) is 18.4 Å². The van der Waals surface area contributed by atoms with E-state index in [1.165, 1.54) is 28.6 Å². The highest BCUT2D eigenvalue weighted by Crippen LogP contribution is 2.24. The second kappa shape index (κ2) is 8.19. The van der Waals surface area contributed by atoms with Gasteiger partial charge in [-0.3, -0.25) is 4.79 Å². The molecule has 3 rings (SSSR count). The second-order valence-corrected chi connectivity index (χ2v) is 8.93. The molecule has 2 aromatic carbocycles. The van der Waals surface area contributed by atoms with Crippen LogP contribution in [0.4, 0.5) is 10.1 Å². The number of nitrogens with zero attached hydrogens (tertiary/aromatic N) is 1. The molecule has 5 nitrogen and oxygen atoms in total. The fourth-order valence-corrected chi connectivity index (χ4v) is 4.86. The first kappa shape index (κ1) is 19.5. The maximum atomic E-state index is 13.2. The lowest BCUT2D eigenvalue weighted by Crippen LogP contribution is -2.39. The Balaban J connectivity index is 1.65. The van der Waals surface area contributed by atoms with Crippen molar-refractivity contribution >= 4 is 21.6 Å². The Labute approximate surface area is 159 Å². The molecule has 1 unspecified atom stereocenters. The van der Waals surface area contributed by atoms with Crippen LogP contribution >= 0.6 is 0 Å². The topological polar surface area (TPSA) is 66.5 Å². The molecule has 2 aromatic rings. The average molecular weight is 390 g/mol. The summed E-state index contributed by atoms with van der Waals surface area (Å²) in [7, 11) is -3.51. The lowest BCUT2D eigenvalue weighted by atomic mass is 10.0. The summed E-state index contributed by atoms with van der Waals surface area (Å²) in [5, 5.41) is 2.71. The molecular formula is C20H23FN2O3S. The Bertz CT molecular complexity index is 913. The third-order valence-corrected chi connectivity index (χ3v) is 6.53. The van der Waals surface area contributed by atoms with Crippen LogP contribution in [0, 0.1) is 11.7 Å². The third-order valence-electron chi connectivity index (χ3n) is 4.65. The lowest BCUT2D eigenvalue weighted by molar-refractivity contribution is -0.115. The van der Waals surface area contributed by atoms with Crippen molar-refractivity contribution in [1.29, 1.82) is 0 Å². The van der Waals surface area contributed by atoms with Crippen LogP contribution in [0.15, 0.2) is 53.4 Å². The predicted octanol–water partition coefficient (Wildman–Crippen LogP) is 3.43. The van der Waals surface area contributed by atoms with E-state index in [1.54, 1.807) is 24.3 Å². The van der Waals surface area contributed by atoms with Crippen LogP contribution in [0.2, 0.25) is 0 Å². The average Bonchev–Trinajstić information content (AvgIpc) is 2.62. The Kier molecular flexibility index (Phi) is 5.92. The van der Waals surface area contributed by atoms with Gasteiger partial charge in [-0.2, -0.15) is 4.31 Å². The maximum Gasteiger partial charge on any atom is 0.243 e. The number of hydrogen-bond acceptors (Lipinski definition) is 3. The standard InChI is InChI=1S/C20H23FN2O3S/c1-15-4-3-11-23(14-15)27(25,26)19-9-7-18(8-10-19)22-20(24)13-16-5-2-6-17(21)12-16/h2,5-10,12,15H,3-4,11,13-14H2,1H3,(H,22,24). The van der Waals surface area contributed by atoms with E-state index >= 15 is 0 Å². The number of anilines is 1. The summed E-state index contributed by atoms with van der Waals surface area (Å²) < 4.78 is 40.2. The van der Waals surface area contributed by atoms with E-state index < -0.39 is 10.0 Å². The summed E-state index contributed by atoms with van der Waals surface area (Å²) in [6.45, 7) is 3.13. The predicted molar refractivity (Wildman–Crippen MR) is 102 cm³/mol. The molecular weight excluding hydrogens is 367 g/mol. The number of amides is 1. The van der Waals surface area contributed by atoms with Gasteiger partial charge < -0.3 is 5.32 Å². The molecule has 27 heavy (non-hydrogen) atoms. The zero-order chi connectivity index (χ0) is 19.4. The van der Waals surface area contributed by atoms with Crippen molar-refractivity contribution in [3.63, 3.8) is 0 Å². The van der Waals surface area contributed by atoms with Crippen LogP contribution in [0.25, 0.3) is 0 Å². The van der Waals surface area contributed by atoms with Gasteiger partial charge in [0, 0.05) is 18.8 Å². The van der Waals surface area contributed by atoms with Crippen molar-refractivity contribution in [3.05, 3.63) is 59.9 Å². The SMILES string of the molecule is CC1CCCN(S(=O)(=O)c2ccc(NC(=O)Cc3cccc(F)c3)cc2)C1. The maximum absolute atomic E-state index is 13.2. The Hall–Kier alpha value is -2.25. The minimum absolute atomic E-state index is 0.0451. The number of halogens is 1. The van der Waals surface area contributed by atoms with Gasteiger partial charge in [0.2, 0.25) is 15.9 Å². The largest absolute Gasteiger partial charge is 0.326 e. The van der Waals surface area contributed by atoms with E-state index in [4.69, 9.17) is 0 Å². The number of benzene rings is 2. The van der Waals surface area contributed by atoms with Gasteiger partial charge in [0.05, 0.1) is 11.3 Å². The molecule has 1 N–H and O–H groups in total. The van der Waals surface area contributed by atoms with Gasteiger partial charge in [0.25, 0.3) is 0 Å². The van der Waals surface area contributed by atoms with Gasteiger partial charge in [0.1, 0.15) is 5.82 Å². The van der Waals surface area contributed by atoms with Crippen molar-refractivity contribution in [2.45, 2.75) is 31.1 Å². The molecule has 0 aromatic heterocycles. The van der Waals surface area contributed by atoms with Crippen molar-refractivity contribution < 1.29 is 17.6 Å². The van der Waals surface area contributed by atoms with E-state index in [1.807, 2.05) is 0 Å². The van der Waals surface area contributed by atoms with E-state index in [2.05, 4.69) is 12.2 Å². The zero-order valence-electron chi connectivity index (χ0n) is 15.2. The fraction of sp³-hybridized carbons (Fsp3) is 0.350. The van der Waals surface area contributed by atoms with Crippen molar-refractivity contribution in [1.82, 2.24) is 4.31 Å². The van der Waals surface area contributed by atoms with Crippen LogP contribution in [0.1, 0.15) is 25.3 Å². The van der Waals surface area contributed by atoms with E-state index in [0.717, 1.165) is 12.8 Å². The highest BCUT2D eigenvalue weighted by molar-refractivity contribution is 7.89. The van der Waals surface area contributed by atoms with Gasteiger partial charge in [-0.25, -0.2) is 12.8 Å². The fourth-order valence-electron chi connectivity index (χ4n) is 3.26. The number of rotatable bonds is 5. The smallest absolute Gasteiger partial charge is 0.243 e. The highest BCUT2D eigenvalue weighted by Gasteiger charge is 2.28. The molecule has 7 heteroatoms. The molecule has 0 spiro atoms. The molecule has 0 bridgehead atoms. The molecule has 1 aliphatic rings. The third kappa shape index (κ3) is 4.93. The monoisotopic (exact) mass is 390 g/mol. The first-order chi connectivity index (χ1) is 12.8. The number of nitrogens with one attached hydrogen (secondary N) is 1. The van der Waals surface area contributed by atoms with E-state index in [9.17, 15) is 17.6 Å². The summed E-state index contributed by atoms with van der Waals surface area (Å²) in [6, 6.07) is 12.0. The minimum Gasteiger partial charge on any atom is -0.326 e. The Morgan fingerprint density at radius 3 is 2.63 bits per heavy atom. The molecule has 1 amide bonds. The Morgan fingerprint density at radius 2 is 1.96 bits per heavy atom. The van der Waals surface area contributed by atoms with Gasteiger partial charge in [-0.05, 0) is 60.7 Å². The van der Waals surface area contributed by atoms with Crippen LogP contribution in [-0.2, 0) is 21.2 Å². The summed E-state index contributed by atoms with van der Waals surface area (Å²) in [4.78, 5) is 12.3. The molecule has 1 heterocycles.